The second-order valence-electron chi connectivity index (χ2n) is 3.90. The van der Waals surface area contributed by atoms with E-state index < -0.39 is 0 Å². The molecular weight excluding hydrogens is 214 g/mol. The highest BCUT2D eigenvalue weighted by Gasteiger charge is 2.17. The SMILES string of the molecule is CCCNC(c1ccncn1)c1ccnn1C. The van der Waals surface area contributed by atoms with E-state index in [0.29, 0.717) is 0 Å². The first-order valence-corrected chi connectivity index (χ1v) is 5.80. The molecule has 0 saturated carbocycles. The molecule has 90 valence electrons. The van der Waals surface area contributed by atoms with Crippen molar-refractivity contribution in [3.8, 4) is 0 Å². The molecule has 0 fully saturated rings. The van der Waals surface area contributed by atoms with Crippen LogP contribution in [0.15, 0.2) is 30.9 Å². The highest BCUT2D eigenvalue weighted by atomic mass is 15.3. The molecule has 0 aliphatic carbocycles. The van der Waals surface area contributed by atoms with Crippen LogP contribution in [0.1, 0.15) is 30.8 Å². The van der Waals surface area contributed by atoms with E-state index in [0.717, 1.165) is 24.4 Å². The van der Waals surface area contributed by atoms with Gasteiger partial charge in [-0.3, -0.25) is 4.68 Å². The first-order valence-electron chi connectivity index (χ1n) is 5.80. The summed E-state index contributed by atoms with van der Waals surface area (Å²) in [5.41, 5.74) is 2.08. The third-order valence-electron chi connectivity index (χ3n) is 2.65. The molecule has 0 aliphatic heterocycles. The van der Waals surface area contributed by atoms with Gasteiger partial charge in [0.15, 0.2) is 0 Å². The molecule has 5 nitrogen and oxygen atoms in total. The molecule has 0 amide bonds. The number of aromatic nitrogens is 4. The maximum atomic E-state index is 4.31. The summed E-state index contributed by atoms with van der Waals surface area (Å²) in [5.74, 6) is 0. The number of aryl methyl sites for hydroxylation is 1. The lowest BCUT2D eigenvalue weighted by molar-refractivity contribution is 0.543. The van der Waals surface area contributed by atoms with E-state index in [1.165, 1.54) is 0 Å². The van der Waals surface area contributed by atoms with Crippen LogP contribution in [0.3, 0.4) is 0 Å². The van der Waals surface area contributed by atoms with Gasteiger partial charge in [-0.1, -0.05) is 6.92 Å². The minimum Gasteiger partial charge on any atom is -0.304 e. The van der Waals surface area contributed by atoms with E-state index in [4.69, 9.17) is 0 Å². The van der Waals surface area contributed by atoms with Crippen molar-refractivity contribution in [3.63, 3.8) is 0 Å². The fourth-order valence-corrected chi connectivity index (χ4v) is 1.79. The van der Waals surface area contributed by atoms with E-state index in [-0.39, 0.29) is 6.04 Å². The largest absolute Gasteiger partial charge is 0.304 e. The van der Waals surface area contributed by atoms with E-state index >= 15 is 0 Å². The van der Waals surface area contributed by atoms with E-state index in [1.807, 2.05) is 23.9 Å². The van der Waals surface area contributed by atoms with Gasteiger partial charge in [0, 0.05) is 19.4 Å². The quantitative estimate of drug-likeness (QED) is 0.842. The van der Waals surface area contributed by atoms with Gasteiger partial charge in [-0.2, -0.15) is 5.10 Å². The summed E-state index contributed by atoms with van der Waals surface area (Å²) in [6.45, 7) is 3.09. The summed E-state index contributed by atoms with van der Waals surface area (Å²) in [6, 6.07) is 4.01. The van der Waals surface area contributed by atoms with Crippen LogP contribution >= 0.6 is 0 Å². The van der Waals surface area contributed by atoms with Crippen molar-refractivity contribution in [2.75, 3.05) is 6.54 Å². The van der Waals surface area contributed by atoms with E-state index in [2.05, 4.69) is 27.3 Å². The van der Waals surface area contributed by atoms with Crippen molar-refractivity contribution in [1.29, 1.82) is 0 Å². The highest BCUT2D eigenvalue weighted by Crippen LogP contribution is 2.18. The minimum atomic E-state index is 0.0745. The van der Waals surface area contributed by atoms with Crippen molar-refractivity contribution in [3.05, 3.63) is 42.2 Å². The maximum Gasteiger partial charge on any atom is 0.115 e. The molecule has 1 unspecified atom stereocenters. The average molecular weight is 231 g/mol. The molecule has 2 aromatic rings. The first kappa shape index (κ1) is 11.7. The standard InChI is InChI=1S/C12H17N5/c1-3-6-14-12(10-4-7-13-9-15-10)11-5-8-16-17(11)2/h4-5,7-9,12,14H,3,6H2,1-2H3. The molecule has 0 saturated heterocycles. The van der Waals surface area contributed by atoms with Crippen LogP contribution in [0.2, 0.25) is 0 Å². The topological polar surface area (TPSA) is 55.6 Å². The Balaban J connectivity index is 2.29. The lowest BCUT2D eigenvalue weighted by Crippen LogP contribution is -2.26. The van der Waals surface area contributed by atoms with Crippen LogP contribution in [0.5, 0.6) is 0 Å². The molecule has 17 heavy (non-hydrogen) atoms. The summed E-state index contributed by atoms with van der Waals surface area (Å²) in [6.07, 6.45) is 6.22. The fourth-order valence-electron chi connectivity index (χ4n) is 1.79. The van der Waals surface area contributed by atoms with Crippen LogP contribution in [-0.2, 0) is 7.05 Å². The summed E-state index contributed by atoms with van der Waals surface area (Å²) >= 11 is 0. The lowest BCUT2D eigenvalue weighted by atomic mass is 10.1. The normalized spacial score (nSPS) is 12.6. The van der Waals surface area contributed by atoms with Gasteiger partial charge in [0.1, 0.15) is 6.33 Å². The molecular formula is C12H17N5. The van der Waals surface area contributed by atoms with Gasteiger partial charge in [0.2, 0.25) is 0 Å². The number of nitrogens with zero attached hydrogens (tertiary/aromatic N) is 4. The van der Waals surface area contributed by atoms with Crippen molar-refractivity contribution in [1.82, 2.24) is 25.1 Å². The highest BCUT2D eigenvalue weighted by molar-refractivity contribution is 5.20. The number of hydrogen-bond acceptors (Lipinski definition) is 4. The molecule has 5 heteroatoms. The zero-order valence-corrected chi connectivity index (χ0v) is 10.2. The van der Waals surface area contributed by atoms with Crippen molar-refractivity contribution in [2.45, 2.75) is 19.4 Å². The summed E-state index contributed by atoms with van der Waals surface area (Å²) < 4.78 is 1.87. The van der Waals surface area contributed by atoms with Crippen LogP contribution < -0.4 is 5.32 Å². The predicted molar refractivity (Wildman–Crippen MR) is 65.4 cm³/mol. The Morgan fingerprint density at radius 2 is 2.24 bits per heavy atom. The van der Waals surface area contributed by atoms with Gasteiger partial charge in [0.25, 0.3) is 0 Å². The van der Waals surface area contributed by atoms with Crippen LogP contribution in [0.4, 0.5) is 0 Å². The Labute approximate surface area is 101 Å². The van der Waals surface area contributed by atoms with Gasteiger partial charge in [-0.15, -0.1) is 0 Å². The molecule has 2 aromatic heterocycles. The monoisotopic (exact) mass is 231 g/mol. The number of nitrogens with one attached hydrogen (secondary N) is 1. The molecule has 2 heterocycles. The lowest BCUT2D eigenvalue weighted by Gasteiger charge is -2.17. The molecule has 0 aliphatic rings. The second-order valence-corrected chi connectivity index (χ2v) is 3.90. The molecule has 1 atom stereocenters. The minimum absolute atomic E-state index is 0.0745. The zero-order valence-electron chi connectivity index (χ0n) is 10.2. The Morgan fingerprint density at radius 1 is 1.35 bits per heavy atom. The van der Waals surface area contributed by atoms with Crippen LogP contribution in [-0.4, -0.2) is 26.3 Å². The third-order valence-corrected chi connectivity index (χ3v) is 2.65. The predicted octanol–water partition coefficient (Wildman–Crippen LogP) is 1.30. The molecule has 0 bridgehead atoms. The average Bonchev–Trinajstić information content (AvgIpc) is 2.78. The number of rotatable bonds is 5. The van der Waals surface area contributed by atoms with Crippen LogP contribution in [0, 0.1) is 0 Å². The first-order chi connectivity index (χ1) is 8.33. The van der Waals surface area contributed by atoms with Gasteiger partial charge in [-0.05, 0) is 25.1 Å². The Bertz CT molecular complexity index is 451. The molecule has 1 N–H and O–H groups in total. The Morgan fingerprint density at radius 3 is 2.82 bits per heavy atom. The Hall–Kier alpha value is -1.75. The van der Waals surface area contributed by atoms with Gasteiger partial charge in [-0.25, -0.2) is 9.97 Å². The zero-order chi connectivity index (χ0) is 12.1. The van der Waals surface area contributed by atoms with Gasteiger partial charge < -0.3 is 5.32 Å². The van der Waals surface area contributed by atoms with Crippen molar-refractivity contribution in [2.24, 2.45) is 7.05 Å². The molecule has 0 aromatic carbocycles. The molecule has 0 radical (unpaired) electrons. The fraction of sp³-hybridized carbons (Fsp3) is 0.417. The summed E-state index contributed by atoms with van der Waals surface area (Å²) in [7, 11) is 1.94. The summed E-state index contributed by atoms with van der Waals surface area (Å²) in [5, 5.41) is 7.68. The van der Waals surface area contributed by atoms with Gasteiger partial charge >= 0.3 is 0 Å². The van der Waals surface area contributed by atoms with Crippen molar-refractivity contribution >= 4 is 0 Å². The van der Waals surface area contributed by atoms with Crippen LogP contribution in [0.25, 0.3) is 0 Å². The van der Waals surface area contributed by atoms with E-state index in [9.17, 15) is 0 Å². The molecule has 2 rings (SSSR count). The second kappa shape index (κ2) is 5.54. The maximum absolute atomic E-state index is 4.31. The number of hydrogen-bond donors (Lipinski definition) is 1. The van der Waals surface area contributed by atoms with Gasteiger partial charge in [0.05, 0.1) is 17.4 Å². The molecule has 0 spiro atoms. The smallest absolute Gasteiger partial charge is 0.115 e. The Kier molecular flexibility index (Phi) is 3.82. The van der Waals surface area contributed by atoms with E-state index in [1.54, 1.807) is 18.7 Å². The third kappa shape index (κ3) is 2.68. The van der Waals surface area contributed by atoms with Crippen molar-refractivity contribution < 1.29 is 0 Å². The summed E-state index contributed by atoms with van der Waals surface area (Å²) in [4.78, 5) is 8.26.